The van der Waals surface area contributed by atoms with Gasteiger partial charge in [0.1, 0.15) is 11.5 Å². The van der Waals surface area contributed by atoms with Crippen LogP contribution in [0.25, 0.3) is 0 Å². The van der Waals surface area contributed by atoms with E-state index in [1.54, 1.807) is 38.1 Å². The van der Waals surface area contributed by atoms with E-state index < -0.39 is 0 Å². The number of guanidine groups is 1. The third kappa shape index (κ3) is 6.32. The summed E-state index contributed by atoms with van der Waals surface area (Å²) in [6, 6.07) is 9.36. The molecule has 0 amide bonds. The molecule has 0 spiro atoms. The average Bonchev–Trinajstić information content (AvgIpc) is 2.57. The maximum atomic E-state index is 9.87. The number of nitrogens with one attached hydrogen (secondary N) is 1. The summed E-state index contributed by atoms with van der Waals surface area (Å²) in [4.78, 5) is 0. The minimum absolute atomic E-state index is 0. The van der Waals surface area contributed by atoms with Crippen molar-refractivity contribution in [2.45, 2.75) is 13.8 Å². The summed E-state index contributed by atoms with van der Waals surface area (Å²) in [6.07, 6.45) is 0. The van der Waals surface area contributed by atoms with Crippen molar-refractivity contribution in [3.05, 3.63) is 57.6 Å². The summed E-state index contributed by atoms with van der Waals surface area (Å²) in [6.45, 7) is 3.35. The van der Waals surface area contributed by atoms with Gasteiger partial charge in [-0.25, -0.2) is 5.43 Å². The number of halogens is 3. The largest absolute Gasteiger partial charge is 0.507 e. The Bertz CT molecular complexity index is 913. The third-order valence-electron chi connectivity index (χ3n) is 3.35. The quantitative estimate of drug-likeness (QED) is 0.334. The minimum Gasteiger partial charge on any atom is -0.507 e. The molecule has 0 aliphatic heterocycles. The first kappa shape index (κ1) is 22.6. The van der Waals surface area contributed by atoms with Crippen LogP contribution in [0.1, 0.15) is 25.0 Å². The molecule has 10 heteroatoms. The highest BCUT2D eigenvalue weighted by atomic mass is 35.5. The number of hydrazone groups is 1. The number of nitrogens with zero attached hydrogens (tertiary/aromatic N) is 3. The summed E-state index contributed by atoms with van der Waals surface area (Å²) >= 11 is 11.6. The van der Waals surface area contributed by atoms with Crippen LogP contribution in [-0.4, -0.2) is 27.6 Å². The maximum absolute atomic E-state index is 9.87. The molecule has 2 aromatic carbocycles. The van der Waals surface area contributed by atoms with Gasteiger partial charge in [0.25, 0.3) is 0 Å². The van der Waals surface area contributed by atoms with Crippen LogP contribution in [0.15, 0.2) is 51.7 Å². The van der Waals surface area contributed by atoms with Crippen molar-refractivity contribution in [1.29, 1.82) is 0 Å². The molecule has 5 N–H and O–H groups in total. The molecule has 2 aromatic rings. The number of aromatic hydroxyl groups is 2. The lowest BCUT2D eigenvalue weighted by atomic mass is 10.1. The molecule has 0 fully saturated rings. The molecule has 0 aromatic heterocycles. The molecule has 144 valence electrons. The molecule has 0 saturated heterocycles. The van der Waals surface area contributed by atoms with Crippen LogP contribution in [-0.2, 0) is 0 Å². The van der Waals surface area contributed by atoms with Crippen LogP contribution in [0.5, 0.6) is 11.5 Å². The van der Waals surface area contributed by atoms with Gasteiger partial charge in [-0.15, -0.1) is 17.5 Å². The zero-order valence-electron chi connectivity index (χ0n) is 14.4. The van der Waals surface area contributed by atoms with Crippen molar-refractivity contribution in [2.24, 2.45) is 21.0 Å². The number of nitrogens with two attached hydrogens (primary N) is 1. The molecular weight excluding hydrogens is 413 g/mol. The Kier molecular flexibility index (Phi) is 8.36. The molecule has 7 nitrogen and oxygen atoms in total. The van der Waals surface area contributed by atoms with Gasteiger partial charge in [-0.1, -0.05) is 23.2 Å². The van der Waals surface area contributed by atoms with Gasteiger partial charge < -0.3 is 15.9 Å². The molecule has 27 heavy (non-hydrogen) atoms. The highest BCUT2D eigenvalue weighted by molar-refractivity contribution is 6.31. The fourth-order valence-corrected chi connectivity index (χ4v) is 2.36. The summed E-state index contributed by atoms with van der Waals surface area (Å²) in [7, 11) is 0. The Hall–Kier alpha value is -2.48. The number of rotatable bonds is 4. The van der Waals surface area contributed by atoms with Crippen LogP contribution in [0.3, 0.4) is 0 Å². The van der Waals surface area contributed by atoms with Crippen LogP contribution >= 0.6 is 35.6 Å². The predicted molar refractivity (Wildman–Crippen MR) is 113 cm³/mol. The van der Waals surface area contributed by atoms with E-state index in [0.29, 0.717) is 32.6 Å². The summed E-state index contributed by atoms with van der Waals surface area (Å²) in [5.41, 5.74) is 10.2. The average molecular weight is 431 g/mol. The lowest BCUT2D eigenvalue weighted by molar-refractivity contribution is 0.473. The van der Waals surface area contributed by atoms with Gasteiger partial charge in [0.2, 0.25) is 5.96 Å². The van der Waals surface area contributed by atoms with E-state index >= 15 is 0 Å². The second-order valence-electron chi connectivity index (χ2n) is 5.30. The Morgan fingerprint density at radius 1 is 0.889 bits per heavy atom. The first-order chi connectivity index (χ1) is 12.3. The maximum Gasteiger partial charge on any atom is 0.234 e. The fraction of sp³-hybridized carbons (Fsp3) is 0.118. The predicted octanol–water partition coefficient (Wildman–Crippen LogP) is 3.88. The van der Waals surface area contributed by atoms with E-state index in [-0.39, 0.29) is 29.9 Å². The Balaban J connectivity index is 0.00000364. The monoisotopic (exact) mass is 429 g/mol. The number of hydrogen-bond acceptors (Lipinski definition) is 5. The van der Waals surface area contributed by atoms with E-state index in [1.807, 2.05) is 0 Å². The zero-order chi connectivity index (χ0) is 19.3. The van der Waals surface area contributed by atoms with E-state index in [1.165, 1.54) is 12.1 Å². The first-order valence-electron chi connectivity index (χ1n) is 7.43. The van der Waals surface area contributed by atoms with Crippen LogP contribution in [0, 0.1) is 0 Å². The van der Waals surface area contributed by atoms with Gasteiger partial charge in [-0.3, -0.25) is 0 Å². The van der Waals surface area contributed by atoms with E-state index in [2.05, 4.69) is 20.7 Å². The molecule has 2 rings (SSSR count). The molecule has 0 saturated carbocycles. The van der Waals surface area contributed by atoms with E-state index in [9.17, 15) is 10.2 Å². The van der Waals surface area contributed by atoms with Crippen molar-refractivity contribution >= 4 is 53.0 Å². The lowest BCUT2D eigenvalue weighted by Crippen LogP contribution is -2.27. The molecule has 0 bridgehead atoms. The lowest BCUT2D eigenvalue weighted by Gasteiger charge is -2.05. The van der Waals surface area contributed by atoms with Gasteiger partial charge in [-0.2, -0.15) is 10.2 Å². The second-order valence-corrected chi connectivity index (χ2v) is 6.18. The standard InChI is InChI=1S/C17H17Cl2N5O2.ClH/c1-9(13-5-3-11(18)7-15(13)25)21-23-17(20)24-22-10(2)14-6-4-12(19)8-16(14)26;/h3-8,25-26H,1-2H3,(H3,20,23,24);1H/b21-9+,22-10+;. The molecule has 0 unspecified atom stereocenters. The molecule has 0 heterocycles. The summed E-state index contributed by atoms with van der Waals surface area (Å²) < 4.78 is 0. The molecule has 0 radical (unpaired) electrons. The minimum atomic E-state index is -0.0643. The van der Waals surface area contributed by atoms with Gasteiger partial charge in [-0.05, 0) is 50.2 Å². The summed E-state index contributed by atoms with van der Waals surface area (Å²) in [5, 5.41) is 32.3. The Labute approximate surface area is 172 Å². The van der Waals surface area contributed by atoms with Crippen molar-refractivity contribution in [2.75, 3.05) is 0 Å². The zero-order valence-corrected chi connectivity index (χ0v) is 16.8. The number of hydrogen-bond donors (Lipinski definition) is 4. The van der Waals surface area contributed by atoms with Gasteiger partial charge in [0, 0.05) is 21.2 Å². The van der Waals surface area contributed by atoms with Crippen LogP contribution in [0.4, 0.5) is 0 Å². The molecule has 0 aliphatic rings. The van der Waals surface area contributed by atoms with Crippen LogP contribution < -0.4 is 11.2 Å². The number of phenols is 2. The van der Waals surface area contributed by atoms with Gasteiger partial charge >= 0.3 is 0 Å². The SMILES string of the molecule is C/C(=N\N=C(/N)N/N=C(\C)c1ccc(Cl)cc1O)c1ccc(Cl)cc1O.Cl. The molecule has 0 aliphatic carbocycles. The Morgan fingerprint density at radius 2 is 1.37 bits per heavy atom. The highest BCUT2D eigenvalue weighted by Crippen LogP contribution is 2.23. The number of phenolic OH excluding ortho intramolecular Hbond substituents is 2. The van der Waals surface area contributed by atoms with Crippen molar-refractivity contribution in [3.8, 4) is 11.5 Å². The van der Waals surface area contributed by atoms with Crippen molar-refractivity contribution in [3.63, 3.8) is 0 Å². The van der Waals surface area contributed by atoms with Gasteiger partial charge in [0.05, 0.1) is 11.4 Å². The molecule has 0 atom stereocenters. The van der Waals surface area contributed by atoms with Crippen molar-refractivity contribution < 1.29 is 10.2 Å². The van der Waals surface area contributed by atoms with E-state index in [4.69, 9.17) is 28.9 Å². The molecular formula is C17H18Cl3N5O2. The smallest absolute Gasteiger partial charge is 0.234 e. The summed E-state index contributed by atoms with van der Waals surface area (Å²) in [5.74, 6) is -0.0682. The Morgan fingerprint density at radius 3 is 1.85 bits per heavy atom. The van der Waals surface area contributed by atoms with Crippen molar-refractivity contribution in [1.82, 2.24) is 5.43 Å². The topological polar surface area (TPSA) is 116 Å². The highest BCUT2D eigenvalue weighted by Gasteiger charge is 2.06. The van der Waals surface area contributed by atoms with E-state index in [0.717, 1.165) is 0 Å². The first-order valence-corrected chi connectivity index (χ1v) is 8.19. The van der Waals surface area contributed by atoms with Gasteiger partial charge in [0.15, 0.2) is 0 Å². The second kappa shape index (κ2) is 10.0. The normalized spacial score (nSPS) is 12.5. The third-order valence-corrected chi connectivity index (χ3v) is 3.82. The van der Waals surface area contributed by atoms with Crippen LogP contribution in [0.2, 0.25) is 10.0 Å². The fourth-order valence-electron chi connectivity index (χ4n) is 2.03. The number of benzene rings is 2.